The van der Waals surface area contributed by atoms with Gasteiger partial charge in [0, 0.05) is 18.1 Å². The first-order chi connectivity index (χ1) is 10.0. The minimum Gasteiger partial charge on any atom is -0.493 e. The molecular weight excluding hydrogens is 272 g/mol. The number of pyridine rings is 1. The van der Waals surface area contributed by atoms with Crippen molar-refractivity contribution >= 4 is 16.6 Å². The Morgan fingerprint density at radius 3 is 2.52 bits per heavy atom. The lowest BCUT2D eigenvalue weighted by Crippen LogP contribution is -2.37. The second-order valence-electron chi connectivity index (χ2n) is 5.10. The number of anilines is 1. The Balaban J connectivity index is 2.40. The SMILES string of the molecule is COc1cc2ccnc(NCC(C)(O)CO)c2cc1OC. The van der Waals surface area contributed by atoms with Gasteiger partial charge < -0.3 is 25.0 Å². The monoisotopic (exact) mass is 292 g/mol. The van der Waals surface area contributed by atoms with E-state index in [-0.39, 0.29) is 13.2 Å². The number of nitrogens with one attached hydrogen (secondary N) is 1. The fraction of sp³-hybridized carbons (Fsp3) is 0.400. The zero-order valence-corrected chi connectivity index (χ0v) is 12.4. The van der Waals surface area contributed by atoms with Gasteiger partial charge in [0.1, 0.15) is 11.4 Å². The number of nitrogens with zero attached hydrogens (tertiary/aromatic N) is 1. The van der Waals surface area contributed by atoms with Gasteiger partial charge in [0.05, 0.1) is 20.8 Å². The van der Waals surface area contributed by atoms with Crippen LogP contribution in [-0.4, -0.2) is 48.2 Å². The number of ether oxygens (including phenoxy) is 2. The maximum absolute atomic E-state index is 9.85. The van der Waals surface area contributed by atoms with E-state index in [2.05, 4.69) is 10.3 Å². The summed E-state index contributed by atoms with van der Waals surface area (Å²) < 4.78 is 10.6. The van der Waals surface area contributed by atoms with Gasteiger partial charge in [-0.3, -0.25) is 0 Å². The van der Waals surface area contributed by atoms with Crippen molar-refractivity contribution < 1.29 is 19.7 Å². The maximum Gasteiger partial charge on any atom is 0.161 e. The smallest absolute Gasteiger partial charge is 0.161 e. The largest absolute Gasteiger partial charge is 0.493 e. The quantitative estimate of drug-likeness (QED) is 0.746. The highest BCUT2D eigenvalue weighted by Gasteiger charge is 2.19. The van der Waals surface area contributed by atoms with E-state index in [0.29, 0.717) is 17.3 Å². The standard InChI is InChI=1S/C15H20N2O4/c1-15(19,9-18)8-17-14-11-7-13(21-3)12(20-2)6-10(11)4-5-16-14/h4-7,18-19H,8-9H2,1-3H3,(H,16,17). The highest BCUT2D eigenvalue weighted by Crippen LogP contribution is 2.34. The summed E-state index contributed by atoms with van der Waals surface area (Å²) in [5.41, 5.74) is -1.21. The molecule has 1 unspecified atom stereocenters. The molecule has 0 aliphatic heterocycles. The molecule has 0 aliphatic carbocycles. The summed E-state index contributed by atoms with van der Waals surface area (Å²) in [7, 11) is 3.16. The van der Waals surface area contributed by atoms with Crippen molar-refractivity contribution in [1.29, 1.82) is 0 Å². The summed E-state index contributed by atoms with van der Waals surface area (Å²) in [6.07, 6.45) is 1.67. The summed E-state index contributed by atoms with van der Waals surface area (Å²) in [4.78, 5) is 4.27. The third kappa shape index (κ3) is 3.34. The minimum absolute atomic E-state index is 0.184. The molecule has 2 rings (SSSR count). The molecule has 2 aromatic rings. The average Bonchev–Trinajstić information content (AvgIpc) is 2.51. The number of benzene rings is 1. The Kier molecular flexibility index (Phi) is 4.50. The molecule has 1 atom stereocenters. The first-order valence-electron chi connectivity index (χ1n) is 6.58. The summed E-state index contributed by atoms with van der Waals surface area (Å²) in [6.45, 7) is 1.40. The molecule has 0 saturated heterocycles. The second-order valence-corrected chi connectivity index (χ2v) is 5.10. The number of aliphatic hydroxyl groups excluding tert-OH is 1. The van der Waals surface area contributed by atoms with Crippen molar-refractivity contribution in [2.24, 2.45) is 0 Å². The summed E-state index contributed by atoms with van der Waals surface area (Å²) >= 11 is 0. The first kappa shape index (κ1) is 15.3. The lowest BCUT2D eigenvalue weighted by molar-refractivity contribution is 0.0132. The molecule has 114 valence electrons. The van der Waals surface area contributed by atoms with Gasteiger partial charge in [-0.2, -0.15) is 0 Å². The van der Waals surface area contributed by atoms with E-state index < -0.39 is 5.60 Å². The molecule has 1 aromatic heterocycles. The van der Waals surface area contributed by atoms with Gasteiger partial charge >= 0.3 is 0 Å². The number of methoxy groups -OCH3 is 2. The van der Waals surface area contributed by atoms with Crippen LogP contribution in [0.1, 0.15) is 6.92 Å². The number of aliphatic hydroxyl groups is 2. The van der Waals surface area contributed by atoms with Crippen LogP contribution in [0.5, 0.6) is 11.5 Å². The zero-order valence-electron chi connectivity index (χ0n) is 12.4. The van der Waals surface area contributed by atoms with Crippen LogP contribution in [0.25, 0.3) is 10.8 Å². The molecule has 21 heavy (non-hydrogen) atoms. The maximum atomic E-state index is 9.85. The molecule has 0 radical (unpaired) electrons. The molecular formula is C15H20N2O4. The molecule has 1 aromatic carbocycles. The van der Waals surface area contributed by atoms with Crippen molar-refractivity contribution in [3.63, 3.8) is 0 Å². The van der Waals surface area contributed by atoms with Crippen LogP contribution in [0.2, 0.25) is 0 Å². The molecule has 6 nitrogen and oxygen atoms in total. The Labute approximate surface area is 123 Å². The van der Waals surface area contributed by atoms with Gasteiger partial charge in [-0.1, -0.05) is 0 Å². The number of aromatic nitrogens is 1. The molecule has 3 N–H and O–H groups in total. The molecule has 1 heterocycles. The predicted molar refractivity (Wildman–Crippen MR) is 81.0 cm³/mol. The van der Waals surface area contributed by atoms with Crippen molar-refractivity contribution in [2.75, 3.05) is 32.7 Å². The fourth-order valence-electron chi connectivity index (χ4n) is 1.97. The lowest BCUT2D eigenvalue weighted by atomic mass is 10.1. The van der Waals surface area contributed by atoms with Gasteiger partial charge in [-0.25, -0.2) is 4.98 Å². The Morgan fingerprint density at radius 2 is 1.90 bits per heavy atom. The van der Waals surface area contributed by atoms with Crippen LogP contribution in [0.4, 0.5) is 5.82 Å². The van der Waals surface area contributed by atoms with Crippen LogP contribution in [0.15, 0.2) is 24.4 Å². The number of fused-ring (bicyclic) bond motifs is 1. The van der Waals surface area contributed by atoms with E-state index in [4.69, 9.17) is 14.6 Å². The predicted octanol–water partition coefficient (Wildman–Crippen LogP) is 1.41. The van der Waals surface area contributed by atoms with Crippen LogP contribution >= 0.6 is 0 Å². The average molecular weight is 292 g/mol. The van der Waals surface area contributed by atoms with Crippen molar-refractivity contribution in [3.8, 4) is 11.5 Å². The van der Waals surface area contributed by atoms with Crippen LogP contribution in [0.3, 0.4) is 0 Å². The molecule has 0 bridgehead atoms. The third-order valence-electron chi connectivity index (χ3n) is 3.25. The summed E-state index contributed by atoms with van der Waals surface area (Å²) in [6, 6.07) is 5.56. The van der Waals surface area contributed by atoms with E-state index in [1.807, 2.05) is 18.2 Å². The van der Waals surface area contributed by atoms with E-state index in [9.17, 15) is 5.11 Å². The van der Waals surface area contributed by atoms with Crippen LogP contribution in [0, 0.1) is 0 Å². The second kappa shape index (κ2) is 6.15. The molecule has 0 spiro atoms. The molecule has 0 aliphatic rings. The van der Waals surface area contributed by atoms with Crippen molar-refractivity contribution in [3.05, 3.63) is 24.4 Å². The van der Waals surface area contributed by atoms with Crippen LogP contribution < -0.4 is 14.8 Å². The summed E-state index contributed by atoms with van der Waals surface area (Å²) in [5, 5.41) is 23.8. The number of hydrogen-bond donors (Lipinski definition) is 3. The Hall–Kier alpha value is -2.05. The normalized spacial score (nSPS) is 13.8. The van der Waals surface area contributed by atoms with Crippen molar-refractivity contribution in [1.82, 2.24) is 4.98 Å². The molecule has 0 saturated carbocycles. The van der Waals surface area contributed by atoms with E-state index in [1.165, 1.54) is 0 Å². The zero-order chi connectivity index (χ0) is 15.5. The lowest BCUT2D eigenvalue weighted by Gasteiger charge is -2.21. The third-order valence-corrected chi connectivity index (χ3v) is 3.25. The van der Waals surface area contributed by atoms with Gasteiger partial charge in [0.15, 0.2) is 11.5 Å². The minimum atomic E-state index is -1.21. The fourth-order valence-corrected chi connectivity index (χ4v) is 1.97. The van der Waals surface area contributed by atoms with Gasteiger partial charge in [-0.05, 0) is 30.5 Å². The Morgan fingerprint density at radius 1 is 1.24 bits per heavy atom. The molecule has 0 amide bonds. The summed E-state index contributed by atoms with van der Waals surface area (Å²) in [5.74, 6) is 1.86. The Bertz CT molecular complexity index is 628. The molecule has 0 fully saturated rings. The van der Waals surface area contributed by atoms with Gasteiger partial charge in [0.25, 0.3) is 0 Å². The first-order valence-corrected chi connectivity index (χ1v) is 6.58. The highest BCUT2D eigenvalue weighted by molar-refractivity contribution is 5.94. The number of hydrogen-bond acceptors (Lipinski definition) is 6. The van der Waals surface area contributed by atoms with Gasteiger partial charge in [0.2, 0.25) is 0 Å². The van der Waals surface area contributed by atoms with E-state index in [1.54, 1.807) is 27.3 Å². The van der Waals surface area contributed by atoms with E-state index in [0.717, 1.165) is 10.8 Å². The van der Waals surface area contributed by atoms with Crippen molar-refractivity contribution in [2.45, 2.75) is 12.5 Å². The van der Waals surface area contributed by atoms with E-state index >= 15 is 0 Å². The molecule has 6 heteroatoms. The van der Waals surface area contributed by atoms with Crippen LogP contribution in [-0.2, 0) is 0 Å². The van der Waals surface area contributed by atoms with Gasteiger partial charge in [-0.15, -0.1) is 0 Å². The topological polar surface area (TPSA) is 83.8 Å². The highest BCUT2D eigenvalue weighted by atomic mass is 16.5. The number of rotatable bonds is 6.